The molecule has 0 spiro atoms. The van der Waals surface area contributed by atoms with Gasteiger partial charge in [-0.05, 0) is 24.6 Å². The minimum Gasteiger partial charge on any atom is -0.368 e. The fourth-order valence-electron chi connectivity index (χ4n) is 3.88. The molecule has 4 heterocycles. The summed E-state index contributed by atoms with van der Waals surface area (Å²) in [5.74, 6) is 0.571. The molecule has 0 radical (unpaired) electrons. The van der Waals surface area contributed by atoms with Crippen LogP contribution in [0.5, 0.6) is 0 Å². The van der Waals surface area contributed by atoms with Crippen LogP contribution in [0.3, 0.4) is 0 Å². The maximum absolute atomic E-state index is 13.4. The van der Waals surface area contributed by atoms with Crippen molar-refractivity contribution in [1.29, 1.82) is 5.26 Å². The minimum atomic E-state index is -0.205. The van der Waals surface area contributed by atoms with E-state index in [9.17, 15) is 10.1 Å². The highest BCUT2D eigenvalue weighted by Gasteiger charge is 2.35. The maximum Gasteiger partial charge on any atom is 0.281 e. The van der Waals surface area contributed by atoms with Gasteiger partial charge in [0.2, 0.25) is 5.95 Å². The highest BCUT2D eigenvalue weighted by molar-refractivity contribution is 6.33. The Bertz CT molecular complexity index is 1370. The van der Waals surface area contributed by atoms with Crippen molar-refractivity contribution >= 4 is 28.9 Å². The van der Waals surface area contributed by atoms with Crippen LogP contribution in [0.15, 0.2) is 59.8 Å². The van der Waals surface area contributed by atoms with E-state index in [0.29, 0.717) is 28.5 Å². The Morgan fingerprint density at radius 2 is 2.03 bits per heavy atom. The molecule has 9 heteroatoms. The number of hydrogen-bond donors (Lipinski definition) is 1. The standard InChI is InChI=1S/C21H16ClN7O/c22-15-6-8-27-12-17(29(20(30)18(15)27)14-4-2-1-3-5-14)16-7-9-28(16)19-13(10-23)11-25-21(24)26-19/h1-6,8,11-12,16H,7,9H2,(H2,24,25,26)/t16-/m0/s1. The van der Waals surface area contributed by atoms with E-state index in [2.05, 4.69) is 16.0 Å². The first-order valence-corrected chi connectivity index (χ1v) is 9.73. The molecule has 4 aromatic rings. The van der Waals surface area contributed by atoms with Gasteiger partial charge in [0, 0.05) is 24.6 Å². The smallest absolute Gasteiger partial charge is 0.281 e. The quantitative estimate of drug-likeness (QED) is 0.549. The number of anilines is 2. The predicted octanol–water partition coefficient (Wildman–Crippen LogP) is 2.94. The summed E-state index contributed by atoms with van der Waals surface area (Å²) in [6.45, 7) is 0.684. The van der Waals surface area contributed by atoms with Gasteiger partial charge in [-0.3, -0.25) is 9.36 Å². The van der Waals surface area contributed by atoms with Crippen molar-refractivity contribution in [2.24, 2.45) is 0 Å². The number of fused-ring (bicyclic) bond motifs is 1. The van der Waals surface area contributed by atoms with Crippen LogP contribution in [0.25, 0.3) is 11.2 Å². The number of rotatable bonds is 3. The summed E-state index contributed by atoms with van der Waals surface area (Å²) in [4.78, 5) is 23.6. The number of nitriles is 1. The van der Waals surface area contributed by atoms with Crippen molar-refractivity contribution in [3.63, 3.8) is 0 Å². The minimum absolute atomic E-state index is 0.0998. The molecule has 1 saturated heterocycles. The zero-order valence-electron chi connectivity index (χ0n) is 15.7. The Kier molecular flexibility index (Phi) is 4.19. The van der Waals surface area contributed by atoms with Crippen LogP contribution >= 0.6 is 11.6 Å². The molecule has 1 aromatic carbocycles. The normalized spacial score (nSPS) is 15.7. The molecule has 1 atom stereocenters. The van der Waals surface area contributed by atoms with Gasteiger partial charge in [0.15, 0.2) is 5.82 Å². The number of nitrogen functional groups attached to an aromatic ring is 1. The number of nitrogens with two attached hydrogens (primary N) is 1. The fraction of sp³-hybridized carbons (Fsp3) is 0.143. The Morgan fingerprint density at radius 3 is 2.73 bits per heavy atom. The Morgan fingerprint density at radius 1 is 1.23 bits per heavy atom. The summed E-state index contributed by atoms with van der Waals surface area (Å²) in [5.41, 5.74) is 7.84. The van der Waals surface area contributed by atoms with Crippen molar-refractivity contribution < 1.29 is 0 Å². The highest BCUT2D eigenvalue weighted by atomic mass is 35.5. The van der Waals surface area contributed by atoms with E-state index in [1.807, 2.05) is 41.4 Å². The number of para-hydroxylation sites is 1. The average Bonchev–Trinajstić information content (AvgIpc) is 3.09. The third kappa shape index (κ3) is 2.71. The van der Waals surface area contributed by atoms with E-state index >= 15 is 0 Å². The summed E-state index contributed by atoms with van der Waals surface area (Å²) in [5, 5.41) is 9.88. The number of benzene rings is 1. The van der Waals surface area contributed by atoms with Gasteiger partial charge >= 0.3 is 0 Å². The van der Waals surface area contributed by atoms with Crippen molar-refractivity contribution in [2.75, 3.05) is 17.2 Å². The third-order valence-electron chi connectivity index (χ3n) is 5.36. The van der Waals surface area contributed by atoms with E-state index in [1.54, 1.807) is 21.2 Å². The monoisotopic (exact) mass is 417 g/mol. The maximum atomic E-state index is 13.4. The Balaban J connectivity index is 1.73. The molecular weight excluding hydrogens is 402 g/mol. The SMILES string of the molecule is N#Cc1cnc(N)nc1N1CC[C@H]1c1cn2ccc(Cl)c2c(=O)n1-c1ccccc1. The van der Waals surface area contributed by atoms with Gasteiger partial charge in [0.1, 0.15) is 17.1 Å². The van der Waals surface area contributed by atoms with Crippen molar-refractivity contribution in [1.82, 2.24) is 18.9 Å². The Hall–Kier alpha value is -3.83. The fourth-order valence-corrected chi connectivity index (χ4v) is 4.11. The van der Waals surface area contributed by atoms with Crippen molar-refractivity contribution in [3.8, 4) is 11.8 Å². The van der Waals surface area contributed by atoms with Gasteiger partial charge in [0.25, 0.3) is 5.56 Å². The van der Waals surface area contributed by atoms with E-state index in [1.165, 1.54) is 6.20 Å². The van der Waals surface area contributed by atoms with E-state index in [4.69, 9.17) is 17.3 Å². The van der Waals surface area contributed by atoms with E-state index < -0.39 is 0 Å². The molecule has 0 amide bonds. The first kappa shape index (κ1) is 18.2. The average molecular weight is 418 g/mol. The molecule has 0 bridgehead atoms. The molecular formula is C21H16ClN7O. The highest BCUT2D eigenvalue weighted by Crippen LogP contribution is 2.38. The number of nitrogens with zero attached hydrogens (tertiary/aromatic N) is 6. The van der Waals surface area contributed by atoms with Crippen molar-refractivity contribution in [3.05, 3.63) is 81.6 Å². The van der Waals surface area contributed by atoms with Crippen LogP contribution in [-0.2, 0) is 0 Å². The van der Waals surface area contributed by atoms with E-state index in [-0.39, 0.29) is 17.5 Å². The number of halogens is 1. The summed E-state index contributed by atoms with van der Waals surface area (Å²) in [6, 6.07) is 13.1. The zero-order chi connectivity index (χ0) is 20.8. The van der Waals surface area contributed by atoms with Gasteiger partial charge in [-0.1, -0.05) is 29.8 Å². The summed E-state index contributed by atoms with van der Waals surface area (Å²) in [7, 11) is 0. The number of aromatic nitrogens is 4. The molecule has 1 aliphatic heterocycles. The first-order valence-electron chi connectivity index (χ1n) is 9.35. The molecule has 5 rings (SSSR count). The molecule has 148 valence electrons. The first-order chi connectivity index (χ1) is 14.6. The molecule has 2 N–H and O–H groups in total. The largest absolute Gasteiger partial charge is 0.368 e. The molecule has 0 unspecified atom stereocenters. The van der Waals surface area contributed by atoms with Crippen molar-refractivity contribution in [2.45, 2.75) is 12.5 Å². The summed E-state index contributed by atoms with van der Waals surface area (Å²) in [6.07, 6.45) is 5.89. The third-order valence-corrected chi connectivity index (χ3v) is 5.66. The molecule has 0 saturated carbocycles. The van der Waals surface area contributed by atoms with Gasteiger partial charge in [-0.2, -0.15) is 10.2 Å². The molecule has 1 aliphatic rings. The van der Waals surface area contributed by atoms with Gasteiger partial charge in [0.05, 0.1) is 23.0 Å². The lowest BCUT2D eigenvalue weighted by atomic mass is 9.98. The lowest BCUT2D eigenvalue weighted by Gasteiger charge is -2.43. The molecule has 1 fully saturated rings. The van der Waals surface area contributed by atoms with Crippen LogP contribution in [0.4, 0.5) is 11.8 Å². The second kappa shape index (κ2) is 6.90. The van der Waals surface area contributed by atoms with Crippen LogP contribution in [0.2, 0.25) is 5.02 Å². The van der Waals surface area contributed by atoms with Gasteiger partial charge < -0.3 is 15.0 Å². The Labute approximate surface area is 176 Å². The molecule has 30 heavy (non-hydrogen) atoms. The predicted molar refractivity (Wildman–Crippen MR) is 114 cm³/mol. The zero-order valence-corrected chi connectivity index (χ0v) is 16.5. The van der Waals surface area contributed by atoms with E-state index in [0.717, 1.165) is 17.8 Å². The topological polar surface area (TPSA) is 105 Å². The second-order valence-electron chi connectivity index (χ2n) is 7.02. The summed E-state index contributed by atoms with van der Waals surface area (Å²) < 4.78 is 3.42. The lowest BCUT2D eigenvalue weighted by Crippen LogP contribution is -2.44. The lowest BCUT2D eigenvalue weighted by molar-refractivity contribution is 0.440. The van der Waals surface area contributed by atoms with Crippen LogP contribution in [0.1, 0.15) is 23.7 Å². The van der Waals surface area contributed by atoms with Gasteiger partial charge in [-0.25, -0.2) is 4.98 Å². The van der Waals surface area contributed by atoms with Crippen LogP contribution in [-0.4, -0.2) is 25.5 Å². The number of hydrogen-bond acceptors (Lipinski definition) is 6. The van der Waals surface area contributed by atoms with Crippen LogP contribution < -0.4 is 16.2 Å². The summed E-state index contributed by atoms with van der Waals surface area (Å²) >= 11 is 6.29. The van der Waals surface area contributed by atoms with Crippen LogP contribution in [0, 0.1) is 11.3 Å². The molecule has 0 aliphatic carbocycles. The molecule has 8 nitrogen and oxygen atoms in total. The van der Waals surface area contributed by atoms with Gasteiger partial charge in [-0.15, -0.1) is 0 Å². The molecule has 3 aromatic heterocycles. The second-order valence-corrected chi connectivity index (χ2v) is 7.43.